The van der Waals surface area contributed by atoms with Crippen LogP contribution in [0.5, 0.6) is 5.75 Å². The van der Waals surface area contributed by atoms with Crippen molar-refractivity contribution in [2.75, 3.05) is 19.1 Å². The molecule has 0 bridgehead atoms. The van der Waals surface area contributed by atoms with Crippen LogP contribution in [0, 0.1) is 11.7 Å². The molecular weight excluding hydrogens is 289 g/mol. The fraction of sp³-hybridized carbons (Fsp3) is 0.467. The van der Waals surface area contributed by atoms with E-state index in [1.54, 1.807) is 6.07 Å². The highest BCUT2D eigenvalue weighted by Crippen LogP contribution is 2.24. The lowest BCUT2D eigenvalue weighted by Gasteiger charge is -2.27. The first-order chi connectivity index (χ1) is 10.3. The normalized spacial score (nSPS) is 13.1. The summed E-state index contributed by atoms with van der Waals surface area (Å²) in [5.41, 5.74) is 5.49. The van der Waals surface area contributed by atoms with Crippen molar-refractivity contribution in [3.8, 4) is 5.75 Å². The van der Waals surface area contributed by atoms with Crippen LogP contribution in [0.3, 0.4) is 0 Å². The van der Waals surface area contributed by atoms with Gasteiger partial charge >= 0.3 is 6.03 Å². The molecule has 1 rings (SSSR count). The first kappa shape index (κ1) is 17.7. The van der Waals surface area contributed by atoms with Gasteiger partial charge in [0.05, 0.1) is 7.11 Å². The minimum atomic E-state index is -0.770. The van der Waals surface area contributed by atoms with Gasteiger partial charge in [0.25, 0.3) is 0 Å². The second-order valence-corrected chi connectivity index (χ2v) is 5.09. The number of primary amides is 1. The van der Waals surface area contributed by atoms with Crippen LogP contribution in [0.15, 0.2) is 18.2 Å². The molecule has 7 heteroatoms. The molecular formula is C15H22FN3O3. The maximum atomic E-state index is 13.8. The summed E-state index contributed by atoms with van der Waals surface area (Å²) in [4.78, 5) is 24.9. The van der Waals surface area contributed by atoms with Gasteiger partial charge in [0.15, 0.2) is 11.6 Å². The van der Waals surface area contributed by atoms with E-state index < -0.39 is 17.9 Å². The van der Waals surface area contributed by atoms with E-state index in [0.717, 1.165) is 0 Å². The predicted molar refractivity (Wildman–Crippen MR) is 82.3 cm³/mol. The fourth-order valence-corrected chi connectivity index (χ4v) is 2.04. The molecule has 1 aromatic rings. The molecule has 1 aromatic carbocycles. The van der Waals surface area contributed by atoms with Crippen molar-refractivity contribution >= 4 is 17.6 Å². The van der Waals surface area contributed by atoms with Gasteiger partial charge in [0, 0.05) is 18.8 Å². The van der Waals surface area contributed by atoms with E-state index in [2.05, 4.69) is 5.32 Å². The maximum absolute atomic E-state index is 13.8. The Morgan fingerprint density at radius 1 is 1.45 bits per heavy atom. The standard InChI is InChI=1S/C15H22FN3O3/c1-5-9(2)13(18-15(17)21)14(20)19(3)10-6-7-12(22-4)11(16)8-10/h6-9,13H,5H2,1-4H3,(H3,17,18,21)/t9-,13-/m0/s1. The third-order valence-corrected chi connectivity index (χ3v) is 3.63. The van der Waals surface area contributed by atoms with Crippen LogP contribution in [0.1, 0.15) is 20.3 Å². The summed E-state index contributed by atoms with van der Waals surface area (Å²) in [5, 5.41) is 2.45. The highest BCUT2D eigenvalue weighted by molar-refractivity contribution is 5.98. The van der Waals surface area contributed by atoms with Gasteiger partial charge in [-0.2, -0.15) is 0 Å². The maximum Gasteiger partial charge on any atom is 0.312 e. The van der Waals surface area contributed by atoms with Crippen molar-refractivity contribution in [1.82, 2.24) is 5.32 Å². The first-order valence-electron chi connectivity index (χ1n) is 6.98. The molecule has 0 unspecified atom stereocenters. The minimum Gasteiger partial charge on any atom is -0.494 e. The molecule has 0 fully saturated rings. The summed E-state index contributed by atoms with van der Waals surface area (Å²) < 4.78 is 18.6. The first-order valence-corrected chi connectivity index (χ1v) is 6.98. The van der Waals surface area contributed by atoms with Crippen LogP contribution < -0.4 is 20.7 Å². The summed E-state index contributed by atoms with van der Waals surface area (Å²) >= 11 is 0. The molecule has 0 aromatic heterocycles. The Bertz CT molecular complexity index is 551. The van der Waals surface area contributed by atoms with Crippen LogP contribution in [0.25, 0.3) is 0 Å². The van der Waals surface area contributed by atoms with Crippen molar-refractivity contribution in [3.05, 3.63) is 24.0 Å². The number of nitrogens with one attached hydrogen (secondary N) is 1. The predicted octanol–water partition coefficient (Wildman–Crippen LogP) is 1.88. The lowest BCUT2D eigenvalue weighted by Crippen LogP contribution is -2.52. The number of nitrogens with two attached hydrogens (primary N) is 1. The van der Waals surface area contributed by atoms with Crippen LogP contribution in [0.2, 0.25) is 0 Å². The number of amides is 3. The number of anilines is 1. The number of nitrogens with zero attached hydrogens (tertiary/aromatic N) is 1. The monoisotopic (exact) mass is 311 g/mol. The number of methoxy groups -OCH3 is 1. The molecule has 0 aliphatic rings. The number of halogens is 1. The molecule has 3 amide bonds. The second-order valence-electron chi connectivity index (χ2n) is 5.09. The van der Waals surface area contributed by atoms with Gasteiger partial charge in [0.2, 0.25) is 5.91 Å². The number of carbonyl (C=O) groups excluding carboxylic acids is 2. The molecule has 22 heavy (non-hydrogen) atoms. The van der Waals surface area contributed by atoms with Gasteiger partial charge in [-0.25, -0.2) is 9.18 Å². The van der Waals surface area contributed by atoms with E-state index in [0.29, 0.717) is 12.1 Å². The molecule has 122 valence electrons. The average Bonchev–Trinajstić information content (AvgIpc) is 2.50. The molecule has 2 atom stereocenters. The molecule has 0 aliphatic heterocycles. The number of hydrogen-bond acceptors (Lipinski definition) is 3. The van der Waals surface area contributed by atoms with Gasteiger partial charge < -0.3 is 20.7 Å². The molecule has 0 heterocycles. The van der Waals surface area contributed by atoms with Gasteiger partial charge in [-0.3, -0.25) is 4.79 Å². The zero-order valence-electron chi connectivity index (χ0n) is 13.2. The van der Waals surface area contributed by atoms with Gasteiger partial charge in [-0.1, -0.05) is 20.3 Å². The summed E-state index contributed by atoms with van der Waals surface area (Å²) in [5.74, 6) is -0.941. The SMILES string of the molecule is CC[C@H](C)[C@H](NC(N)=O)C(=O)N(C)c1ccc(OC)c(F)c1. The highest BCUT2D eigenvalue weighted by Gasteiger charge is 2.28. The number of urea groups is 1. The van der Waals surface area contributed by atoms with Crippen molar-refractivity contribution in [2.45, 2.75) is 26.3 Å². The van der Waals surface area contributed by atoms with E-state index in [-0.39, 0.29) is 17.6 Å². The number of carbonyl (C=O) groups is 2. The molecule has 6 nitrogen and oxygen atoms in total. The summed E-state index contributed by atoms with van der Waals surface area (Å²) in [7, 11) is 2.88. The van der Waals surface area contributed by atoms with Crippen molar-refractivity contribution in [3.63, 3.8) is 0 Å². The van der Waals surface area contributed by atoms with Crippen molar-refractivity contribution in [1.29, 1.82) is 0 Å². The quantitative estimate of drug-likeness (QED) is 0.841. The minimum absolute atomic E-state index is 0.0957. The van der Waals surface area contributed by atoms with Gasteiger partial charge in [-0.05, 0) is 18.1 Å². The molecule has 0 spiro atoms. The number of benzene rings is 1. The summed E-state index contributed by atoms with van der Waals surface area (Å²) in [6.45, 7) is 3.74. The Kier molecular flexibility index (Phi) is 6.15. The fourth-order valence-electron chi connectivity index (χ4n) is 2.04. The molecule has 3 N–H and O–H groups in total. The van der Waals surface area contributed by atoms with Gasteiger partial charge in [0.1, 0.15) is 6.04 Å². The summed E-state index contributed by atoms with van der Waals surface area (Å²) in [6.07, 6.45) is 0.682. The smallest absolute Gasteiger partial charge is 0.312 e. The van der Waals surface area contributed by atoms with Crippen LogP contribution in [0.4, 0.5) is 14.9 Å². The average molecular weight is 311 g/mol. The topological polar surface area (TPSA) is 84.7 Å². The highest BCUT2D eigenvalue weighted by atomic mass is 19.1. The third-order valence-electron chi connectivity index (χ3n) is 3.63. The van der Waals surface area contributed by atoms with Crippen molar-refractivity contribution in [2.24, 2.45) is 11.7 Å². The third kappa shape index (κ3) is 4.09. The largest absolute Gasteiger partial charge is 0.494 e. The zero-order valence-corrected chi connectivity index (χ0v) is 13.2. The lowest BCUT2D eigenvalue weighted by molar-refractivity contribution is -0.121. The Morgan fingerprint density at radius 3 is 2.55 bits per heavy atom. The molecule has 0 saturated heterocycles. The summed E-state index contributed by atoms with van der Waals surface area (Å²) in [6, 6.07) is 2.67. The molecule has 0 radical (unpaired) electrons. The van der Waals surface area contributed by atoms with E-state index in [4.69, 9.17) is 10.5 Å². The van der Waals surface area contributed by atoms with Gasteiger partial charge in [-0.15, -0.1) is 0 Å². The van der Waals surface area contributed by atoms with E-state index >= 15 is 0 Å². The molecule has 0 saturated carbocycles. The van der Waals surface area contributed by atoms with Crippen molar-refractivity contribution < 1.29 is 18.7 Å². The number of hydrogen-bond donors (Lipinski definition) is 2. The van der Waals surface area contributed by atoms with Crippen LogP contribution in [-0.2, 0) is 4.79 Å². The van der Waals surface area contributed by atoms with E-state index in [1.165, 1.54) is 31.2 Å². The second kappa shape index (κ2) is 7.63. The Balaban J connectivity index is 3.02. The number of ether oxygens (including phenoxy) is 1. The zero-order chi connectivity index (χ0) is 16.9. The molecule has 0 aliphatic carbocycles. The number of rotatable bonds is 6. The lowest BCUT2D eigenvalue weighted by atomic mass is 9.98. The van der Waals surface area contributed by atoms with Crippen LogP contribution in [-0.4, -0.2) is 32.1 Å². The Hall–Kier alpha value is -2.31. The van der Waals surface area contributed by atoms with E-state index in [9.17, 15) is 14.0 Å². The Labute approximate surface area is 129 Å². The Morgan fingerprint density at radius 2 is 2.09 bits per heavy atom. The number of likely N-dealkylation sites (N-methyl/N-ethyl adjacent to an activating group) is 1. The van der Waals surface area contributed by atoms with E-state index in [1.807, 2.05) is 13.8 Å². The van der Waals surface area contributed by atoms with Crippen LogP contribution >= 0.6 is 0 Å².